The van der Waals surface area contributed by atoms with Crippen molar-refractivity contribution in [3.63, 3.8) is 0 Å². The zero-order valence-electron chi connectivity index (χ0n) is 11.6. The first-order valence-corrected chi connectivity index (χ1v) is 6.59. The molecule has 3 aromatic rings. The van der Waals surface area contributed by atoms with E-state index in [9.17, 15) is 0 Å². The van der Waals surface area contributed by atoms with Gasteiger partial charge in [-0.1, -0.05) is 30.3 Å². The lowest BCUT2D eigenvalue weighted by molar-refractivity contribution is 0.487. The van der Waals surface area contributed by atoms with Crippen LogP contribution in [0, 0.1) is 6.92 Å². The van der Waals surface area contributed by atoms with Crippen LogP contribution in [0.25, 0.3) is 10.9 Å². The van der Waals surface area contributed by atoms with Gasteiger partial charge < -0.3 is 10.1 Å². The smallest absolute Gasteiger partial charge is 0.153 e. The maximum atomic E-state index is 5.96. The third-order valence-corrected chi connectivity index (χ3v) is 3.17. The van der Waals surface area contributed by atoms with Gasteiger partial charge in [0.25, 0.3) is 0 Å². The summed E-state index contributed by atoms with van der Waals surface area (Å²) in [6.07, 6.45) is 0. The van der Waals surface area contributed by atoms with Gasteiger partial charge in [0.05, 0.1) is 0 Å². The number of aryl methyl sites for hydroxylation is 1. The molecule has 0 saturated heterocycles. The predicted molar refractivity (Wildman–Crippen MR) is 82.5 cm³/mol. The summed E-state index contributed by atoms with van der Waals surface area (Å²) < 4.78 is 5.96. The van der Waals surface area contributed by atoms with E-state index in [0.717, 1.165) is 33.8 Å². The molecule has 1 N–H and O–H groups in total. The minimum absolute atomic E-state index is 0.772. The molecule has 0 fully saturated rings. The molecule has 0 radical (unpaired) electrons. The second-order valence-corrected chi connectivity index (χ2v) is 4.63. The Morgan fingerprint density at radius 2 is 1.80 bits per heavy atom. The minimum atomic E-state index is 0.772. The van der Waals surface area contributed by atoms with Crippen molar-refractivity contribution in [3.05, 3.63) is 60.3 Å². The zero-order valence-corrected chi connectivity index (χ0v) is 11.6. The lowest BCUT2D eigenvalue weighted by Crippen LogP contribution is -1.95. The average molecular weight is 264 g/mol. The number of fused-ring (bicyclic) bond motifs is 1. The van der Waals surface area contributed by atoms with Crippen molar-refractivity contribution in [2.45, 2.75) is 6.92 Å². The van der Waals surface area contributed by atoms with Gasteiger partial charge in [-0.05, 0) is 31.2 Å². The van der Waals surface area contributed by atoms with Gasteiger partial charge in [-0.15, -0.1) is 0 Å². The van der Waals surface area contributed by atoms with Gasteiger partial charge in [-0.25, -0.2) is 4.98 Å². The van der Waals surface area contributed by atoms with E-state index in [0.29, 0.717) is 0 Å². The van der Waals surface area contributed by atoms with Crippen LogP contribution in [0.1, 0.15) is 5.69 Å². The van der Waals surface area contributed by atoms with Gasteiger partial charge in [0.1, 0.15) is 11.3 Å². The molecule has 0 aliphatic rings. The fourth-order valence-corrected chi connectivity index (χ4v) is 2.25. The van der Waals surface area contributed by atoms with Crippen LogP contribution >= 0.6 is 0 Å². The molecule has 3 nitrogen and oxygen atoms in total. The molecule has 1 heterocycles. The van der Waals surface area contributed by atoms with Gasteiger partial charge in [0.2, 0.25) is 0 Å². The second-order valence-electron chi connectivity index (χ2n) is 4.63. The first-order chi connectivity index (χ1) is 9.78. The van der Waals surface area contributed by atoms with Crippen molar-refractivity contribution in [2.75, 3.05) is 12.4 Å². The van der Waals surface area contributed by atoms with Gasteiger partial charge in [0.15, 0.2) is 5.75 Å². The number of para-hydroxylation sites is 2. The van der Waals surface area contributed by atoms with E-state index >= 15 is 0 Å². The highest BCUT2D eigenvalue weighted by molar-refractivity contribution is 5.95. The number of nitrogens with one attached hydrogen (secondary N) is 1. The molecule has 0 bridgehead atoms. The van der Waals surface area contributed by atoms with Crippen LogP contribution in [0.5, 0.6) is 11.5 Å². The summed E-state index contributed by atoms with van der Waals surface area (Å²) in [7, 11) is 1.92. The first-order valence-electron chi connectivity index (χ1n) is 6.59. The summed E-state index contributed by atoms with van der Waals surface area (Å²) in [6.45, 7) is 1.99. The number of ether oxygens (including phenoxy) is 1. The Morgan fingerprint density at radius 1 is 1.00 bits per heavy atom. The molecule has 3 heteroatoms. The summed E-state index contributed by atoms with van der Waals surface area (Å²) in [5.74, 6) is 1.59. The van der Waals surface area contributed by atoms with E-state index in [1.807, 2.05) is 68.6 Å². The van der Waals surface area contributed by atoms with E-state index in [1.165, 1.54) is 0 Å². The lowest BCUT2D eigenvalue weighted by atomic mass is 10.1. The SMILES string of the molecule is CNc1cc(C)nc2c(Oc3ccccc3)cccc12. The third-order valence-electron chi connectivity index (χ3n) is 3.17. The maximum absolute atomic E-state index is 5.96. The third kappa shape index (κ3) is 2.30. The van der Waals surface area contributed by atoms with Crippen LogP contribution in [0.4, 0.5) is 5.69 Å². The Hall–Kier alpha value is -2.55. The van der Waals surface area contributed by atoms with Crippen LogP contribution in [-0.4, -0.2) is 12.0 Å². The zero-order chi connectivity index (χ0) is 13.9. The summed E-state index contributed by atoms with van der Waals surface area (Å²) in [5, 5.41) is 4.27. The molecule has 0 saturated carbocycles. The van der Waals surface area contributed by atoms with Crippen molar-refractivity contribution in [1.29, 1.82) is 0 Å². The monoisotopic (exact) mass is 264 g/mol. The molecule has 0 aliphatic carbocycles. The first kappa shape index (κ1) is 12.5. The Labute approximate surface area is 118 Å². The van der Waals surface area contributed by atoms with Crippen molar-refractivity contribution in [2.24, 2.45) is 0 Å². The fourth-order valence-electron chi connectivity index (χ4n) is 2.25. The second kappa shape index (κ2) is 5.21. The Morgan fingerprint density at radius 3 is 2.55 bits per heavy atom. The number of rotatable bonds is 3. The highest BCUT2D eigenvalue weighted by Gasteiger charge is 2.08. The quantitative estimate of drug-likeness (QED) is 0.762. The standard InChI is InChI=1S/C17H16N2O/c1-12-11-15(18-2)14-9-6-10-16(17(14)19-12)20-13-7-4-3-5-8-13/h3-11H,1-2H3,(H,18,19). The summed E-state index contributed by atoms with van der Waals surface area (Å²) in [4.78, 5) is 4.62. The highest BCUT2D eigenvalue weighted by atomic mass is 16.5. The average Bonchev–Trinajstić information content (AvgIpc) is 2.48. The Bertz CT molecular complexity index is 739. The molecular formula is C17H16N2O. The molecule has 0 unspecified atom stereocenters. The summed E-state index contributed by atoms with van der Waals surface area (Å²) >= 11 is 0. The largest absolute Gasteiger partial charge is 0.455 e. The van der Waals surface area contributed by atoms with Gasteiger partial charge in [-0.2, -0.15) is 0 Å². The molecule has 20 heavy (non-hydrogen) atoms. The number of aromatic nitrogens is 1. The van der Waals surface area contributed by atoms with E-state index in [4.69, 9.17) is 4.74 Å². The minimum Gasteiger partial charge on any atom is -0.455 e. The predicted octanol–water partition coefficient (Wildman–Crippen LogP) is 4.38. The van der Waals surface area contributed by atoms with Crippen molar-refractivity contribution in [3.8, 4) is 11.5 Å². The van der Waals surface area contributed by atoms with E-state index in [2.05, 4.69) is 10.3 Å². The van der Waals surface area contributed by atoms with E-state index in [-0.39, 0.29) is 0 Å². The van der Waals surface area contributed by atoms with Crippen LogP contribution in [-0.2, 0) is 0 Å². The van der Waals surface area contributed by atoms with Crippen molar-refractivity contribution < 1.29 is 4.74 Å². The highest BCUT2D eigenvalue weighted by Crippen LogP contribution is 2.32. The van der Waals surface area contributed by atoms with Crippen LogP contribution in [0.15, 0.2) is 54.6 Å². The fraction of sp³-hybridized carbons (Fsp3) is 0.118. The molecule has 0 spiro atoms. The molecule has 1 aromatic heterocycles. The van der Waals surface area contributed by atoms with Crippen molar-refractivity contribution >= 4 is 16.6 Å². The lowest BCUT2D eigenvalue weighted by Gasteiger charge is -2.11. The Kier molecular flexibility index (Phi) is 3.25. The number of anilines is 1. The number of benzene rings is 2. The summed E-state index contributed by atoms with van der Waals surface area (Å²) in [6, 6.07) is 17.8. The van der Waals surface area contributed by atoms with Gasteiger partial charge in [-0.3, -0.25) is 0 Å². The molecule has 3 rings (SSSR count). The number of hydrogen-bond acceptors (Lipinski definition) is 3. The number of nitrogens with zero attached hydrogens (tertiary/aromatic N) is 1. The topological polar surface area (TPSA) is 34.2 Å². The molecule has 0 aliphatic heterocycles. The van der Waals surface area contributed by atoms with Gasteiger partial charge in [0, 0.05) is 23.8 Å². The molecule has 2 aromatic carbocycles. The maximum Gasteiger partial charge on any atom is 0.153 e. The molecule has 0 amide bonds. The van der Waals surface area contributed by atoms with Gasteiger partial charge >= 0.3 is 0 Å². The van der Waals surface area contributed by atoms with E-state index in [1.54, 1.807) is 0 Å². The normalized spacial score (nSPS) is 10.5. The van der Waals surface area contributed by atoms with Crippen LogP contribution < -0.4 is 10.1 Å². The van der Waals surface area contributed by atoms with Crippen LogP contribution in [0.2, 0.25) is 0 Å². The number of pyridine rings is 1. The summed E-state index contributed by atoms with van der Waals surface area (Å²) in [5.41, 5.74) is 2.90. The van der Waals surface area contributed by atoms with Crippen molar-refractivity contribution in [1.82, 2.24) is 4.98 Å². The number of hydrogen-bond donors (Lipinski definition) is 1. The van der Waals surface area contributed by atoms with E-state index < -0.39 is 0 Å². The molecule has 0 atom stereocenters. The van der Waals surface area contributed by atoms with Crippen LogP contribution in [0.3, 0.4) is 0 Å². The Balaban J connectivity index is 2.14. The molecule has 100 valence electrons. The molecular weight excluding hydrogens is 248 g/mol.